The van der Waals surface area contributed by atoms with Gasteiger partial charge in [0.1, 0.15) is 5.76 Å². The summed E-state index contributed by atoms with van der Waals surface area (Å²) < 4.78 is 10.7. The van der Waals surface area contributed by atoms with Gasteiger partial charge in [0.25, 0.3) is 5.91 Å². The lowest BCUT2D eigenvalue weighted by atomic mass is 10.0. The van der Waals surface area contributed by atoms with Gasteiger partial charge < -0.3 is 14.2 Å². The molecule has 3 heterocycles. The lowest BCUT2D eigenvalue weighted by Crippen LogP contribution is -2.30. The van der Waals surface area contributed by atoms with Crippen molar-refractivity contribution >= 4 is 5.91 Å². The van der Waals surface area contributed by atoms with Crippen LogP contribution in [0.3, 0.4) is 0 Å². The third-order valence-electron chi connectivity index (χ3n) is 3.99. The second-order valence-corrected chi connectivity index (χ2v) is 5.75. The van der Waals surface area contributed by atoms with Crippen molar-refractivity contribution in [2.75, 3.05) is 20.2 Å². The van der Waals surface area contributed by atoms with Gasteiger partial charge in [-0.2, -0.15) is 15.4 Å². The summed E-state index contributed by atoms with van der Waals surface area (Å²) in [6.07, 6.45) is 1.56. The number of nitrogens with one attached hydrogen (secondary N) is 1. The highest BCUT2D eigenvalue weighted by Gasteiger charge is 2.38. The van der Waals surface area contributed by atoms with Gasteiger partial charge in [-0.25, -0.2) is 0 Å². The monoisotopic (exact) mass is 305 g/mol. The summed E-state index contributed by atoms with van der Waals surface area (Å²) in [4.78, 5) is 14.3. The zero-order valence-electron chi connectivity index (χ0n) is 12.8. The van der Waals surface area contributed by atoms with Crippen molar-refractivity contribution in [2.24, 2.45) is 0 Å². The SMILES string of the molecule is CO[C@@H]1CN(C(=O)c2cc(C(C)C)on2)C[C@H]1c1cn[nH]n1. The van der Waals surface area contributed by atoms with E-state index in [0.29, 0.717) is 24.5 Å². The molecule has 1 amide bonds. The van der Waals surface area contributed by atoms with Crippen LogP contribution in [0.1, 0.15) is 47.6 Å². The lowest BCUT2D eigenvalue weighted by molar-refractivity contribution is 0.0705. The molecule has 0 spiro atoms. The molecule has 2 aromatic heterocycles. The zero-order chi connectivity index (χ0) is 15.7. The Morgan fingerprint density at radius 2 is 2.32 bits per heavy atom. The molecule has 0 aromatic carbocycles. The molecule has 2 atom stereocenters. The highest BCUT2D eigenvalue weighted by atomic mass is 16.5. The number of H-pyrrole nitrogens is 1. The van der Waals surface area contributed by atoms with E-state index in [0.717, 1.165) is 5.69 Å². The quantitative estimate of drug-likeness (QED) is 0.910. The maximum atomic E-state index is 12.6. The maximum Gasteiger partial charge on any atom is 0.276 e. The van der Waals surface area contributed by atoms with Crippen LogP contribution in [0.4, 0.5) is 0 Å². The van der Waals surface area contributed by atoms with Crippen molar-refractivity contribution < 1.29 is 14.1 Å². The van der Waals surface area contributed by atoms with E-state index in [1.807, 2.05) is 13.8 Å². The number of carbonyl (C=O) groups is 1. The molecule has 8 nitrogen and oxygen atoms in total. The Labute approximate surface area is 127 Å². The van der Waals surface area contributed by atoms with E-state index in [1.165, 1.54) is 0 Å². The fourth-order valence-electron chi connectivity index (χ4n) is 2.68. The fraction of sp³-hybridized carbons (Fsp3) is 0.571. The summed E-state index contributed by atoms with van der Waals surface area (Å²) in [6.45, 7) is 5.00. The summed E-state index contributed by atoms with van der Waals surface area (Å²) in [5, 5.41) is 14.4. The van der Waals surface area contributed by atoms with Crippen molar-refractivity contribution in [3.05, 3.63) is 29.4 Å². The van der Waals surface area contributed by atoms with Gasteiger partial charge in [0, 0.05) is 32.2 Å². The normalized spacial score (nSPS) is 21.7. The Bertz CT molecular complexity index is 637. The molecule has 2 aromatic rings. The van der Waals surface area contributed by atoms with Gasteiger partial charge >= 0.3 is 0 Å². The second kappa shape index (κ2) is 5.88. The summed E-state index contributed by atoms with van der Waals surface area (Å²) in [5.74, 6) is 0.758. The molecule has 22 heavy (non-hydrogen) atoms. The number of nitrogens with zero attached hydrogens (tertiary/aromatic N) is 4. The third kappa shape index (κ3) is 2.61. The number of aromatic nitrogens is 4. The molecular weight excluding hydrogens is 286 g/mol. The number of aromatic amines is 1. The lowest BCUT2D eigenvalue weighted by Gasteiger charge is -2.13. The van der Waals surface area contributed by atoms with E-state index in [2.05, 4.69) is 20.6 Å². The molecule has 0 bridgehead atoms. The highest BCUT2D eigenvalue weighted by molar-refractivity contribution is 5.92. The van der Waals surface area contributed by atoms with Crippen molar-refractivity contribution in [2.45, 2.75) is 31.8 Å². The number of ether oxygens (including phenoxy) is 1. The summed E-state index contributed by atoms with van der Waals surface area (Å²) in [6, 6.07) is 1.71. The molecular formula is C14H19N5O3. The van der Waals surface area contributed by atoms with Crippen molar-refractivity contribution in [1.29, 1.82) is 0 Å². The first-order valence-corrected chi connectivity index (χ1v) is 7.24. The van der Waals surface area contributed by atoms with Crippen LogP contribution < -0.4 is 0 Å². The van der Waals surface area contributed by atoms with Gasteiger partial charge in [-0.3, -0.25) is 4.79 Å². The van der Waals surface area contributed by atoms with E-state index >= 15 is 0 Å². The number of carbonyl (C=O) groups excluding carboxylic acids is 1. The predicted molar refractivity (Wildman–Crippen MR) is 76.4 cm³/mol. The number of rotatable bonds is 4. The molecule has 1 fully saturated rings. The van der Waals surface area contributed by atoms with E-state index in [4.69, 9.17) is 9.26 Å². The minimum Gasteiger partial charge on any atom is -0.379 e. The van der Waals surface area contributed by atoms with E-state index < -0.39 is 0 Å². The predicted octanol–water partition coefficient (Wildman–Crippen LogP) is 1.17. The van der Waals surface area contributed by atoms with Crippen LogP contribution in [-0.4, -0.2) is 57.7 Å². The number of hydrogen-bond donors (Lipinski definition) is 1. The Morgan fingerprint density at radius 3 is 2.91 bits per heavy atom. The van der Waals surface area contributed by atoms with Crippen LogP contribution in [0.25, 0.3) is 0 Å². The molecule has 0 radical (unpaired) electrons. The molecule has 3 rings (SSSR count). The molecule has 0 unspecified atom stereocenters. The molecule has 1 aliphatic rings. The van der Waals surface area contributed by atoms with Crippen molar-refractivity contribution in [1.82, 2.24) is 25.5 Å². The summed E-state index contributed by atoms with van der Waals surface area (Å²) >= 11 is 0. The Hall–Kier alpha value is -2.22. The molecule has 8 heteroatoms. The van der Waals surface area contributed by atoms with Gasteiger partial charge in [0.05, 0.1) is 23.9 Å². The van der Waals surface area contributed by atoms with Gasteiger partial charge in [0.2, 0.25) is 0 Å². The van der Waals surface area contributed by atoms with Crippen LogP contribution in [0.15, 0.2) is 16.8 Å². The number of methoxy groups -OCH3 is 1. The summed E-state index contributed by atoms with van der Waals surface area (Å²) in [7, 11) is 1.64. The highest BCUT2D eigenvalue weighted by Crippen LogP contribution is 2.29. The van der Waals surface area contributed by atoms with Crippen LogP contribution in [0.5, 0.6) is 0 Å². The van der Waals surface area contributed by atoms with Crippen LogP contribution in [0.2, 0.25) is 0 Å². The molecule has 1 N–H and O–H groups in total. The molecule has 0 saturated carbocycles. The smallest absolute Gasteiger partial charge is 0.276 e. The van der Waals surface area contributed by atoms with Crippen LogP contribution in [0, 0.1) is 0 Å². The Kier molecular flexibility index (Phi) is 3.93. The van der Waals surface area contributed by atoms with Gasteiger partial charge in [0.15, 0.2) is 5.69 Å². The zero-order valence-corrected chi connectivity index (χ0v) is 12.8. The average Bonchev–Trinajstić information content (AvgIpc) is 3.24. The summed E-state index contributed by atoms with van der Waals surface area (Å²) in [5.41, 5.74) is 1.13. The van der Waals surface area contributed by atoms with E-state index in [9.17, 15) is 4.79 Å². The average molecular weight is 305 g/mol. The first-order chi connectivity index (χ1) is 10.6. The number of hydrogen-bond acceptors (Lipinski definition) is 6. The van der Waals surface area contributed by atoms with Gasteiger partial charge in [-0.05, 0) is 0 Å². The van der Waals surface area contributed by atoms with Crippen LogP contribution >= 0.6 is 0 Å². The second-order valence-electron chi connectivity index (χ2n) is 5.75. The topological polar surface area (TPSA) is 97.1 Å². The molecule has 1 aliphatic heterocycles. The largest absolute Gasteiger partial charge is 0.379 e. The van der Waals surface area contributed by atoms with E-state index in [1.54, 1.807) is 24.3 Å². The van der Waals surface area contributed by atoms with E-state index in [-0.39, 0.29) is 23.8 Å². The Morgan fingerprint density at radius 1 is 1.50 bits per heavy atom. The third-order valence-corrected chi connectivity index (χ3v) is 3.99. The minimum atomic E-state index is -0.149. The van der Waals surface area contributed by atoms with Gasteiger partial charge in [-0.15, -0.1) is 0 Å². The first kappa shape index (κ1) is 14.7. The van der Waals surface area contributed by atoms with Gasteiger partial charge in [-0.1, -0.05) is 19.0 Å². The minimum absolute atomic E-state index is 0.00386. The van der Waals surface area contributed by atoms with Crippen LogP contribution in [-0.2, 0) is 4.74 Å². The van der Waals surface area contributed by atoms with Crippen molar-refractivity contribution in [3.8, 4) is 0 Å². The van der Waals surface area contributed by atoms with Crippen molar-refractivity contribution in [3.63, 3.8) is 0 Å². The number of amides is 1. The number of likely N-dealkylation sites (tertiary alicyclic amines) is 1. The first-order valence-electron chi connectivity index (χ1n) is 7.24. The molecule has 0 aliphatic carbocycles. The maximum absolute atomic E-state index is 12.6. The molecule has 118 valence electrons. The Balaban J connectivity index is 1.76. The molecule has 1 saturated heterocycles. The standard InChI is InChI=1S/C14H19N5O3/c1-8(2)12-4-10(17-22-12)14(20)19-6-9(13(7-19)21-3)11-5-15-18-16-11/h4-5,8-9,13H,6-7H2,1-3H3,(H,15,16,18)/t9-,13+/m0/s1. The fourth-order valence-corrected chi connectivity index (χ4v) is 2.68.